The van der Waals surface area contributed by atoms with Gasteiger partial charge in [-0.05, 0) is 49.4 Å². The second-order valence-electron chi connectivity index (χ2n) is 9.73. The quantitative estimate of drug-likeness (QED) is 0.128. The van der Waals surface area contributed by atoms with Gasteiger partial charge in [0.15, 0.2) is 0 Å². The third-order valence-corrected chi connectivity index (χ3v) is 6.20. The molecular weight excluding hydrogens is 506 g/mol. The van der Waals surface area contributed by atoms with Crippen LogP contribution in [-0.4, -0.2) is 74.6 Å². The van der Waals surface area contributed by atoms with Crippen LogP contribution in [0.3, 0.4) is 0 Å². The minimum Gasteiger partial charge on any atom is -0.508 e. The maximum atomic E-state index is 13.3. The average molecular weight is 546 g/mol. The van der Waals surface area contributed by atoms with Crippen molar-refractivity contribution in [3.63, 3.8) is 0 Å². The molecular formula is C26H39N7O6. The molecule has 1 aromatic carbocycles. The zero-order chi connectivity index (χ0) is 28.9. The molecule has 39 heavy (non-hydrogen) atoms. The van der Waals surface area contributed by atoms with Crippen LogP contribution in [0.1, 0.15) is 44.4 Å². The summed E-state index contributed by atoms with van der Waals surface area (Å²) in [5.74, 6) is -3.23. The SMILES string of the molecule is CC(C)C(N)C(=O)NC(Cc1cnc[nH]1)C(=O)NC(CCCCN)C(=O)NC(Cc1ccc(O)cc1)C(=O)O. The molecule has 214 valence electrons. The maximum absolute atomic E-state index is 13.3. The van der Waals surface area contributed by atoms with Crippen molar-refractivity contribution in [2.75, 3.05) is 6.54 Å². The van der Waals surface area contributed by atoms with Gasteiger partial charge in [-0.1, -0.05) is 26.0 Å². The van der Waals surface area contributed by atoms with Gasteiger partial charge in [-0.2, -0.15) is 0 Å². The lowest BCUT2D eigenvalue weighted by atomic mass is 10.0. The van der Waals surface area contributed by atoms with Crippen LogP contribution in [0, 0.1) is 5.92 Å². The summed E-state index contributed by atoms with van der Waals surface area (Å²) in [7, 11) is 0. The van der Waals surface area contributed by atoms with E-state index in [2.05, 4.69) is 25.9 Å². The van der Waals surface area contributed by atoms with Crippen molar-refractivity contribution in [1.82, 2.24) is 25.9 Å². The minimum atomic E-state index is -1.28. The summed E-state index contributed by atoms with van der Waals surface area (Å²) in [5.41, 5.74) is 12.7. The molecule has 0 saturated carbocycles. The van der Waals surface area contributed by atoms with E-state index in [1.54, 1.807) is 26.0 Å². The first-order chi connectivity index (χ1) is 18.5. The second kappa shape index (κ2) is 15.4. The van der Waals surface area contributed by atoms with E-state index >= 15 is 0 Å². The largest absolute Gasteiger partial charge is 0.508 e. The molecule has 13 nitrogen and oxygen atoms in total. The van der Waals surface area contributed by atoms with E-state index < -0.39 is 47.9 Å². The number of imidazole rings is 1. The number of aromatic nitrogens is 2. The first kappa shape index (κ1) is 31.2. The van der Waals surface area contributed by atoms with Crippen LogP contribution >= 0.6 is 0 Å². The summed E-state index contributed by atoms with van der Waals surface area (Å²) in [6.07, 6.45) is 4.29. The Morgan fingerprint density at radius 1 is 0.923 bits per heavy atom. The van der Waals surface area contributed by atoms with Crippen LogP contribution in [0.5, 0.6) is 5.75 Å². The molecule has 0 saturated heterocycles. The van der Waals surface area contributed by atoms with Crippen molar-refractivity contribution in [3.05, 3.63) is 48.0 Å². The monoisotopic (exact) mass is 545 g/mol. The number of carbonyl (C=O) groups is 4. The molecule has 0 spiro atoms. The highest BCUT2D eigenvalue weighted by Crippen LogP contribution is 2.12. The molecule has 2 rings (SSSR count). The number of nitrogens with two attached hydrogens (primary N) is 2. The lowest BCUT2D eigenvalue weighted by Crippen LogP contribution is -2.58. The molecule has 0 aliphatic rings. The molecule has 0 aliphatic carbocycles. The highest BCUT2D eigenvalue weighted by atomic mass is 16.4. The second-order valence-corrected chi connectivity index (χ2v) is 9.73. The summed E-state index contributed by atoms with van der Waals surface area (Å²) >= 11 is 0. The average Bonchev–Trinajstić information content (AvgIpc) is 3.41. The predicted octanol–water partition coefficient (Wildman–Crippen LogP) is -0.448. The van der Waals surface area contributed by atoms with Crippen molar-refractivity contribution in [3.8, 4) is 5.75 Å². The van der Waals surface area contributed by atoms with Crippen LogP contribution in [0.4, 0.5) is 0 Å². The predicted molar refractivity (Wildman–Crippen MR) is 143 cm³/mol. The van der Waals surface area contributed by atoms with Gasteiger partial charge in [0, 0.05) is 24.7 Å². The number of carboxylic acid groups (broad SMARTS) is 1. The number of hydrogen-bond acceptors (Lipinski definition) is 8. The number of phenolic OH excluding ortho intramolecular Hbond substituents is 1. The van der Waals surface area contributed by atoms with Gasteiger partial charge in [0.25, 0.3) is 0 Å². The van der Waals surface area contributed by atoms with Crippen LogP contribution < -0.4 is 27.4 Å². The summed E-state index contributed by atoms with van der Waals surface area (Å²) in [6.45, 7) is 3.94. The molecule has 2 aromatic rings. The van der Waals surface area contributed by atoms with Crippen molar-refractivity contribution in [2.45, 2.75) is 70.1 Å². The van der Waals surface area contributed by atoms with Gasteiger partial charge in [-0.15, -0.1) is 0 Å². The number of phenols is 1. The standard InChI is InChI=1S/C26H39N7O6/c1-15(2)22(28)25(37)32-20(12-17-13-29-14-30-17)24(36)31-19(5-3-4-10-27)23(35)33-21(26(38)39)11-16-6-8-18(34)9-7-16/h6-9,13-15,19-22,34H,3-5,10-12,27-28H2,1-2H3,(H,29,30)(H,31,36)(H,32,37)(H,33,35)(H,38,39). The van der Waals surface area contributed by atoms with Crippen LogP contribution in [-0.2, 0) is 32.0 Å². The van der Waals surface area contributed by atoms with Gasteiger partial charge < -0.3 is 42.6 Å². The summed E-state index contributed by atoms with van der Waals surface area (Å²) in [5, 5.41) is 27.0. The number of aliphatic carboxylic acids is 1. The lowest BCUT2D eigenvalue weighted by molar-refractivity contribution is -0.142. The van der Waals surface area contributed by atoms with Crippen LogP contribution in [0.25, 0.3) is 0 Å². The highest BCUT2D eigenvalue weighted by molar-refractivity contribution is 5.94. The Morgan fingerprint density at radius 2 is 1.54 bits per heavy atom. The molecule has 1 heterocycles. The molecule has 0 radical (unpaired) electrons. The van der Waals surface area contributed by atoms with E-state index in [1.807, 2.05) is 0 Å². The summed E-state index contributed by atoms with van der Waals surface area (Å²) < 4.78 is 0. The number of aromatic hydroxyl groups is 1. The third kappa shape index (κ3) is 10.4. The third-order valence-electron chi connectivity index (χ3n) is 6.20. The Morgan fingerprint density at radius 3 is 2.10 bits per heavy atom. The Labute approximate surface area is 227 Å². The number of aromatic amines is 1. The molecule has 3 amide bonds. The smallest absolute Gasteiger partial charge is 0.326 e. The molecule has 0 bridgehead atoms. The Bertz CT molecular complexity index is 1070. The van der Waals surface area contributed by atoms with Crippen molar-refractivity contribution >= 4 is 23.7 Å². The Kier molecular flexibility index (Phi) is 12.4. The van der Waals surface area contributed by atoms with Gasteiger partial charge in [0.05, 0.1) is 12.4 Å². The normalized spacial score (nSPS) is 14.2. The number of amides is 3. The van der Waals surface area contributed by atoms with Crippen molar-refractivity contribution in [1.29, 1.82) is 0 Å². The van der Waals surface area contributed by atoms with Gasteiger partial charge >= 0.3 is 5.97 Å². The highest BCUT2D eigenvalue weighted by Gasteiger charge is 2.31. The summed E-state index contributed by atoms with van der Waals surface area (Å²) in [4.78, 5) is 57.9. The van der Waals surface area contributed by atoms with Crippen molar-refractivity contribution in [2.24, 2.45) is 17.4 Å². The van der Waals surface area contributed by atoms with Gasteiger partial charge in [0.1, 0.15) is 23.9 Å². The van der Waals surface area contributed by atoms with E-state index in [0.29, 0.717) is 30.6 Å². The topological polar surface area (TPSA) is 226 Å². The maximum Gasteiger partial charge on any atom is 0.326 e. The van der Waals surface area contributed by atoms with E-state index in [9.17, 15) is 29.4 Å². The number of hydrogen-bond donors (Lipinski definition) is 8. The zero-order valence-electron chi connectivity index (χ0n) is 22.2. The van der Waals surface area contributed by atoms with Gasteiger partial charge in [0.2, 0.25) is 17.7 Å². The molecule has 0 aliphatic heterocycles. The van der Waals surface area contributed by atoms with E-state index in [4.69, 9.17) is 11.5 Å². The van der Waals surface area contributed by atoms with Gasteiger partial charge in [-0.3, -0.25) is 14.4 Å². The molecule has 1 aromatic heterocycles. The molecule has 10 N–H and O–H groups in total. The zero-order valence-corrected chi connectivity index (χ0v) is 22.2. The van der Waals surface area contributed by atoms with Gasteiger partial charge in [-0.25, -0.2) is 9.78 Å². The number of nitrogens with zero attached hydrogens (tertiary/aromatic N) is 1. The Balaban J connectivity index is 2.19. The van der Waals surface area contributed by atoms with E-state index in [-0.39, 0.29) is 30.9 Å². The number of unbranched alkanes of at least 4 members (excludes halogenated alkanes) is 1. The van der Waals surface area contributed by atoms with E-state index in [0.717, 1.165) is 0 Å². The first-order valence-electron chi connectivity index (χ1n) is 12.9. The first-order valence-corrected chi connectivity index (χ1v) is 12.9. The van der Waals surface area contributed by atoms with Crippen LogP contribution in [0.15, 0.2) is 36.8 Å². The van der Waals surface area contributed by atoms with E-state index in [1.165, 1.54) is 24.7 Å². The number of H-pyrrole nitrogens is 1. The number of carbonyl (C=O) groups excluding carboxylic acids is 3. The summed E-state index contributed by atoms with van der Waals surface area (Å²) in [6, 6.07) is 1.69. The van der Waals surface area contributed by atoms with Crippen molar-refractivity contribution < 1.29 is 29.4 Å². The fraction of sp³-hybridized carbons (Fsp3) is 0.500. The van der Waals surface area contributed by atoms with Crippen LogP contribution in [0.2, 0.25) is 0 Å². The lowest BCUT2D eigenvalue weighted by Gasteiger charge is -2.25. The number of benzene rings is 1. The molecule has 4 atom stereocenters. The molecule has 0 fully saturated rings. The number of nitrogens with one attached hydrogen (secondary N) is 4. The molecule has 4 unspecified atom stereocenters. The fourth-order valence-electron chi connectivity index (χ4n) is 3.77. The number of carboxylic acids is 1. The minimum absolute atomic E-state index is 0.0310. The molecule has 13 heteroatoms. The fourth-order valence-corrected chi connectivity index (χ4v) is 3.77. The Hall–Kier alpha value is -3.97. The number of rotatable bonds is 16.